The number of hydrogen-bond donors (Lipinski definition) is 2. The van der Waals surface area contributed by atoms with Crippen molar-refractivity contribution in [2.45, 2.75) is 33.1 Å². The molecular formula is C17H27N3O2. The molecule has 1 rings (SSSR count). The fraction of sp³-hybridized carbons (Fsp3) is 0.529. The highest BCUT2D eigenvalue weighted by Gasteiger charge is 2.14. The lowest BCUT2D eigenvalue weighted by Crippen LogP contribution is -2.33. The lowest BCUT2D eigenvalue weighted by molar-refractivity contribution is -0.126. The van der Waals surface area contributed by atoms with Gasteiger partial charge in [-0.1, -0.05) is 32.0 Å². The summed E-state index contributed by atoms with van der Waals surface area (Å²) in [6.07, 6.45) is -0.153. The zero-order valence-corrected chi connectivity index (χ0v) is 14.2. The van der Waals surface area contributed by atoms with Gasteiger partial charge in [0.15, 0.2) is 0 Å². The number of benzene rings is 1. The summed E-state index contributed by atoms with van der Waals surface area (Å²) < 4.78 is 0. The van der Waals surface area contributed by atoms with Crippen molar-refractivity contribution in [2.24, 2.45) is 0 Å². The zero-order valence-electron chi connectivity index (χ0n) is 14.2. The van der Waals surface area contributed by atoms with E-state index >= 15 is 0 Å². The maximum absolute atomic E-state index is 12.1. The maximum atomic E-state index is 12.1. The predicted molar refractivity (Wildman–Crippen MR) is 90.1 cm³/mol. The molecule has 0 unspecified atom stereocenters. The molecule has 0 aliphatic heterocycles. The van der Waals surface area contributed by atoms with Crippen LogP contribution in [0.4, 0.5) is 5.69 Å². The second-order valence-corrected chi connectivity index (χ2v) is 6.07. The summed E-state index contributed by atoms with van der Waals surface area (Å²) in [4.78, 5) is 25.8. The minimum Gasteiger partial charge on any atom is -0.354 e. The Balaban J connectivity index is 2.60. The Labute approximate surface area is 133 Å². The molecule has 0 bridgehead atoms. The molecule has 0 fully saturated rings. The van der Waals surface area contributed by atoms with Gasteiger partial charge >= 0.3 is 0 Å². The number of carbonyl (C=O) groups is 2. The van der Waals surface area contributed by atoms with Gasteiger partial charge in [0.2, 0.25) is 11.8 Å². The molecule has 0 aliphatic rings. The summed E-state index contributed by atoms with van der Waals surface area (Å²) in [5.41, 5.74) is 2.91. The SMILES string of the molecule is Cc1cccc(C(C)C)c1NC(=O)CC(=O)NCCN(C)C. The largest absolute Gasteiger partial charge is 0.354 e. The topological polar surface area (TPSA) is 61.4 Å². The van der Waals surface area contributed by atoms with Crippen molar-refractivity contribution in [3.63, 3.8) is 0 Å². The van der Waals surface area contributed by atoms with Crippen LogP contribution in [0.3, 0.4) is 0 Å². The van der Waals surface area contributed by atoms with E-state index in [1.165, 1.54) is 0 Å². The zero-order chi connectivity index (χ0) is 16.7. The normalized spacial score (nSPS) is 10.9. The van der Waals surface area contributed by atoms with E-state index in [-0.39, 0.29) is 18.2 Å². The van der Waals surface area contributed by atoms with Crippen LogP contribution in [0.2, 0.25) is 0 Å². The fourth-order valence-corrected chi connectivity index (χ4v) is 2.15. The number of para-hydroxylation sites is 1. The van der Waals surface area contributed by atoms with Crippen LogP contribution in [0.5, 0.6) is 0 Å². The Hall–Kier alpha value is -1.88. The van der Waals surface area contributed by atoms with E-state index in [0.29, 0.717) is 12.5 Å². The lowest BCUT2D eigenvalue weighted by atomic mass is 9.98. The van der Waals surface area contributed by atoms with Gasteiger partial charge in [-0.15, -0.1) is 0 Å². The second kappa shape index (κ2) is 8.54. The number of carbonyl (C=O) groups excluding carboxylic acids is 2. The van der Waals surface area contributed by atoms with Gasteiger partial charge < -0.3 is 15.5 Å². The highest BCUT2D eigenvalue weighted by Crippen LogP contribution is 2.27. The summed E-state index contributed by atoms with van der Waals surface area (Å²) in [6, 6.07) is 5.94. The molecule has 0 saturated carbocycles. The van der Waals surface area contributed by atoms with E-state index in [1.807, 2.05) is 44.1 Å². The van der Waals surface area contributed by atoms with Crippen LogP contribution in [0.15, 0.2) is 18.2 Å². The number of hydrogen-bond acceptors (Lipinski definition) is 3. The molecule has 1 aromatic rings. The molecule has 0 aromatic heterocycles. The summed E-state index contributed by atoms with van der Waals surface area (Å²) in [7, 11) is 3.87. The average Bonchev–Trinajstić information content (AvgIpc) is 2.40. The van der Waals surface area contributed by atoms with Gasteiger partial charge in [0, 0.05) is 18.8 Å². The summed E-state index contributed by atoms with van der Waals surface area (Å²) in [5.74, 6) is -0.221. The first kappa shape index (κ1) is 18.2. The molecule has 1 aromatic carbocycles. The molecule has 2 amide bonds. The standard InChI is InChI=1S/C17H27N3O2/c1-12(2)14-8-6-7-13(3)17(14)19-16(22)11-15(21)18-9-10-20(4)5/h6-8,12H,9-11H2,1-5H3,(H,18,21)(H,19,22). The number of amides is 2. The molecule has 0 spiro atoms. The third-order valence-electron chi connectivity index (χ3n) is 3.39. The molecule has 5 heteroatoms. The first-order valence-corrected chi connectivity index (χ1v) is 7.62. The predicted octanol–water partition coefficient (Wildman–Crippen LogP) is 2.12. The van der Waals surface area contributed by atoms with Crippen LogP contribution in [0, 0.1) is 6.92 Å². The number of likely N-dealkylation sites (N-methyl/N-ethyl adjacent to an activating group) is 1. The van der Waals surface area contributed by atoms with E-state index in [1.54, 1.807) is 0 Å². The summed E-state index contributed by atoms with van der Waals surface area (Å²) in [5, 5.41) is 5.62. The molecule has 122 valence electrons. The number of anilines is 1. The van der Waals surface area contributed by atoms with Crippen molar-refractivity contribution in [3.8, 4) is 0 Å². The van der Waals surface area contributed by atoms with Crippen LogP contribution in [-0.4, -0.2) is 43.9 Å². The van der Waals surface area contributed by atoms with Gasteiger partial charge in [0.25, 0.3) is 0 Å². The van der Waals surface area contributed by atoms with Crippen molar-refractivity contribution in [3.05, 3.63) is 29.3 Å². The van der Waals surface area contributed by atoms with Crippen LogP contribution in [0.1, 0.15) is 37.3 Å². The van der Waals surface area contributed by atoms with Gasteiger partial charge in [-0.05, 0) is 38.1 Å². The molecule has 2 N–H and O–H groups in total. The molecule has 0 atom stereocenters. The highest BCUT2D eigenvalue weighted by molar-refractivity contribution is 6.04. The van der Waals surface area contributed by atoms with Crippen LogP contribution >= 0.6 is 0 Å². The first-order valence-electron chi connectivity index (χ1n) is 7.62. The van der Waals surface area contributed by atoms with E-state index in [2.05, 4.69) is 24.5 Å². The van der Waals surface area contributed by atoms with Crippen molar-refractivity contribution < 1.29 is 9.59 Å². The van der Waals surface area contributed by atoms with Gasteiger partial charge in [-0.25, -0.2) is 0 Å². The molecule has 0 radical (unpaired) electrons. The summed E-state index contributed by atoms with van der Waals surface area (Å²) >= 11 is 0. The third-order valence-corrected chi connectivity index (χ3v) is 3.39. The first-order chi connectivity index (χ1) is 10.3. The van der Waals surface area contributed by atoms with Crippen molar-refractivity contribution in [2.75, 3.05) is 32.5 Å². The smallest absolute Gasteiger partial charge is 0.233 e. The molecule has 22 heavy (non-hydrogen) atoms. The van der Waals surface area contributed by atoms with Crippen LogP contribution < -0.4 is 10.6 Å². The minimum atomic E-state index is -0.279. The quantitative estimate of drug-likeness (QED) is 0.759. The Morgan fingerprint density at radius 3 is 2.45 bits per heavy atom. The number of nitrogens with zero attached hydrogens (tertiary/aromatic N) is 1. The van der Waals surface area contributed by atoms with Gasteiger partial charge in [-0.3, -0.25) is 9.59 Å². The highest BCUT2D eigenvalue weighted by atomic mass is 16.2. The average molecular weight is 305 g/mol. The fourth-order valence-electron chi connectivity index (χ4n) is 2.15. The molecular weight excluding hydrogens is 278 g/mol. The van der Waals surface area contributed by atoms with Gasteiger partial charge in [0.05, 0.1) is 0 Å². The Morgan fingerprint density at radius 2 is 1.86 bits per heavy atom. The summed E-state index contributed by atoms with van der Waals surface area (Å²) in [6.45, 7) is 7.42. The van der Waals surface area contributed by atoms with Crippen molar-refractivity contribution >= 4 is 17.5 Å². The Morgan fingerprint density at radius 1 is 1.18 bits per heavy atom. The van der Waals surface area contributed by atoms with Gasteiger partial charge in [-0.2, -0.15) is 0 Å². The number of nitrogens with one attached hydrogen (secondary N) is 2. The van der Waals surface area contributed by atoms with Crippen molar-refractivity contribution in [1.82, 2.24) is 10.2 Å². The van der Waals surface area contributed by atoms with Crippen LogP contribution in [0.25, 0.3) is 0 Å². The second-order valence-electron chi connectivity index (χ2n) is 6.07. The lowest BCUT2D eigenvalue weighted by Gasteiger charge is -2.16. The molecule has 0 heterocycles. The Kier molecular flexibility index (Phi) is 7.05. The van der Waals surface area contributed by atoms with Crippen molar-refractivity contribution in [1.29, 1.82) is 0 Å². The molecule has 5 nitrogen and oxygen atoms in total. The maximum Gasteiger partial charge on any atom is 0.233 e. The van der Waals surface area contributed by atoms with E-state index in [9.17, 15) is 9.59 Å². The monoisotopic (exact) mass is 305 g/mol. The molecule has 0 aliphatic carbocycles. The third kappa shape index (κ3) is 5.85. The van der Waals surface area contributed by atoms with E-state index < -0.39 is 0 Å². The van der Waals surface area contributed by atoms with E-state index in [0.717, 1.165) is 23.4 Å². The van der Waals surface area contributed by atoms with E-state index in [4.69, 9.17) is 0 Å². The minimum absolute atomic E-state index is 0.153. The van der Waals surface area contributed by atoms with Crippen LogP contribution in [-0.2, 0) is 9.59 Å². The molecule has 0 saturated heterocycles. The Bertz CT molecular complexity index is 525. The number of aryl methyl sites for hydroxylation is 1. The van der Waals surface area contributed by atoms with Gasteiger partial charge in [0.1, 0.15) is 6.42 Å². The number of rotatable bonds is 7.